The van der Waals surface area contributed by atoms with Crippen molar-refractivity contribution in [1.29, 1.82) is 0 Å². The monoisotopic (exact) mass is 397 g/mol. The van der Waals surface area contributed by atoms with Crippen molar-refractivity contribution in [3.8, 4) is 0 Å². The van der Waals surface area contributed by atoms with E-state index in [0.29, 0.717) is 6.54 Å². The zero-order valence-electron chi connectivity index (χ0n) is 13.9. The second kappa shape index (κ2) is 8.11. The van der Waals surface area contributed by atoms with Crippen LogP contribution in [0.15, 0.2) is 34.1 Å². The number of piperidine rings is 1. The van der Waals surface area contributed by atoms with Crippen LogP contribution < -0.4 is 10.0 Å². The molecule has 0 saturated carbocycles. The lowest BCUT2D eigenvalue weighted by Gasteiger charge is -2.30. The number of hydrogen-bond donors (Lipinski definition) is 2. The van der Waals surface area contributed by atoms with Gasteiger partial charge in [-0.05, 0) is 31.0 Å². The predicted molar refractivity (Wildman–Crippen MR) is 95.3 cm³/mol. The van der Waals surface area contributed by atoms with Gasteiger partial charge in [0.15, 0.2) is 0 Å². The predicted octanol–water partition coefficient (Wildman–Crippen LogP) is 0.635. The largest absolute Gasteiger partial charge is 0.315 e. The summed E-state index contributed by atoms with van der Waals surface area (Å²) in [6, 6.07) is 5.40. The number of nitrogens with one attached hydrogen (secondary N) is 2. The molecule has 1 aromatic rings. The van der Waals surface area contributed by atoms with Crippen LogP contribution in [-0.2, 0) is 20.0 Å². The molecule has 1 aliphatic heterocycles. The molecule has 7 nitrogen and oxygen atoms in total. The Morgan fingerprint density at radius 3 is 2.25 bits per heavy atom. The molecular weight excluding hydrogens is 374 g/mol. The number of nitrogens with zero attached hydrogens (tertiary/aromatic N) is 1. The summed E-state index contributed by atoms with van der Waals surface area (Å²) >= 11 is 0. The molecule has 24 heavy (non-hydrogen) atoms. The number of sulfonamides is 2. The highest BCUT2D eigenvalue weighted by molar-refractivity contribution is 7.92. The molecule has 0 bridgehead atoms. The molecule has 1 fully saturated rings. The van der Waals surface area contributed by atoms with Crippen molar-refractivity contribution in [2.75, 3.05) is 27.2 Å². The standard InChI is InChI=1S/C14H23N3O4S2.ClH/c1-11-8-9-15-10-12(11)16-22(18,19)13-6-4-5-7-14(13)23(20,21)17(2)3;/h4-7,11-12,15-16H,8-10H2,1-3H3;1H. The maximum absolute atomic E-state index is 12.7. The zero-order chi connectivity index (χ0) is 17.3. The molecule has 0 spiro atoms. The van der Waals surface area contributed by atoms with E-state index < -0.39 is 20.0 Å². The van der Waals surface area contributed by atoms with E-state index in [9.17, 15) is 16.8 Å². The molecule has 0 aliphatic carbocycles. The van der Waals surface area contributed by atoms with Gasteiger partial charge in [-0.25, -0.2) is 25.9 Å². The normalized spacial score (nSPS) is 22.2. The van der Waals surface area contributed by atoms with Crippen LogP contribution >= 0.6 is 12.4 Å². The summed E-state index contributed by atoms with van der Waals surface area (Å²) in [5, 5.41) is 3.15. The van der Waals surface area contributed by atoms with E-state index in [1.54, 1.807) is 0 Å². The Hall–Kier alpha value is -0.710. The lowest BCUT2D eigenvalue weighted by molar-refractivity contribution is 0.327. The molecule has 2 rings (SSSR count). The van der Waals surface area contributed by atoms with E-state index >= 15 is 0 Å². The van der Waals surface area contributed by atoms with Gasteiger partial charge in [-0.2, -0.15) is 0 Å². The first-order valence-corrected chi connectivity index (χ1v) is 10.3. The molecule has 2 atom stereocenters. The third kappa shape index (κ3) is 4.47. The fraction of sp³-hybridized carbons (Fsp3) is 0.571. The molecule has 1 saturated heterocycles. The van der Waals surface area contributed by atoms with Crippen molar-refractivity contribution in [1.82, 2.24) is 14.3 Å². The smallest absolute Gasteiger partial charge is 0.243 e. The lowest BCUT2D eigenvalue weighted by Crippen LogP contribution is -2.50. The fourth-order valence-electron chi connectivity index (χ4n) is 2.49. The first kappa shape index (κ1) is 21.3. The highest BCUT2D eigenvalue weighted by atomic mass is 35.5. The van der Waals surface area contributed by atoms with Gasteiger partial charge in [-0.15, -0.1) is 12.4 Å². The van der Waals surface area contributed by atoms with Gasteiger partial charge >= 0.3 is 0 Å². The van der Waals surface area contributed by atoms with E-state index in [-0.39, 0.29) is 34.2 Å². The number of hydrogen-bond acceptors (Lipinski definition) is 5. The van der Waals surface area contributed by atoms with E-state index in [0.717, 1.165) is 17.3 Å². The summed E-state index contributed by atoms with van der Waals surface area (Å²) < 4.78 is 53.8. The van der Waals surface area contributed by atoms with E-state index in [1.807, 2.05) is 6.92 Å². The Morgan fingerprint density at radius 2 is 1.71 bits per heavy atom. The van der Waals surface area contributed by atoms with Crippen LogP contribution in [-0.4, -0.2) is 54.4 Å². The highest BCUT2D eigenvalue weighted by Gasteiger charge is 2.31. The Kier molecular flexibility index (Phi) is 7.21. The topological polar surface area (TPSA) is 95.6 Å². The average molecular weight is 398 g/mol. The van der Waals surface area contributed by atoms with Crippen molar-refractivity contribution in [2.45, 2.75) is 29.2 Å². The summed E-state index contributed by atoms with van der Waals surface area (Å²) in [5.74, 6) is 0.184. The third-order valence-electron chi connectivity index (χ3n) is 4.03. The molecule has 1 aliphatic rings. The summed E-state index contributed by atoms with van der Waals surface area (Å²) in [5.41, 5.74) is 0. The number of benzene rings is 1. The summed E-state index contributed by atoms with van der Waals surface area (Å²) in [7, 11) is -5.03. The Balaban J connectivity index is 0.00000288. The SMILES string of the molecule is CC1CCNCC1NS(=O)(=O)c1ccccc1S(=O)(=O)N(C)C.Cl. The van der Waals surface area contributed by atoms with Gasteiger partial charge in [-0.1, -0.05) is 19.1 Å². The Labute approximate surface area is 150 Å². The molecule has 0 amide bonds. The van der Waals surface area contributed by atoms with E-state index in [1.165, 1.54) is 38.4 Å². The average Bonchev–Trinajstić information content (AvgIpc) is 2.49. The summed E-state index contributed by atoms with van der Waals surface area (Å²) in [4.78, 5) is -0.430. The molecule has 10 heteroatoms. The maximum atomic E-state index is 12.7. The minimum atomic E-state index is -3.94. The van der Waals surface area contributed by atoms with Crippen molar-refractivity contribution in [2.24, 2.45) is 5.92 Å². The van der Waals surface area contributed by atoms with Crippen LogP contribution in [0.5, 0.6) is 0 Å². The van der Waals surface area contributed by atoms with E-state index in [2.05, 4.69) is 10.0 Å². The fourth-order valence-corrected chi connectivity index (χ4v) is 5.54. The Morgan fingerprint density at radius 1 is 1.12 bits per heavy atom. The van der Waals surface area contributed by atoms with Crippen LogP contribution in [0.4, 0.5) is 0 Å². The number of halogens is 1. The summed E-state index contributed by atoms with van der Waals surface area (Å²) in [6.45, 7) is 3.37. The van der Waals surface area contributed by atoms with E-state index in [4.69, 9.17) is 0 Å². The van der Waals surface area contributed by atoms with Gasteiger partial charge in [0.25, 0.3) is 0 Å². The van der Waals surface area contributed by atoms with Gasteiger partial charge in [0.2, 0.25) is 20.0 Å². The molecule has 2 N–H and O–H groups in total. The van der Waals surface area contributed by atoms with Crippen molar-refractivity contribution < 1.29 is 16.8 Å². The second-order valence-electron chi connectivity index (χ2n) is 5.93. The molecule has 0 aromatic heterocycles. The highest BCUT2D eigenvalue weighted by Crippen LogP contribution is 2.24. The zero-order valence-corrected chi connectivity index (χ0v) is 16.3. The van der Waals surface area contributed by atoms with Gasteiger partial charge in [0, 0.05) is 26.7 Å². The van der Waals surface area contributed by atoms with Crippen LogP contribution in [0.1, 0.15) is 13.3 Å². The van der Waals surface area contributed by atoms with Crippen LogP contribution in [0.3, 0.4) is 0 Å². The van der Waals surface area contributed by atoms with Crippen LogP contribution in [0, 0.1) is 5.92 Å². The molecule has 1 heterocycles. The lowest BCUT2D eigenvalue weighted by atomic mass is 9.96. The summed E-state index contributed by atoms with van der Waals surface area (Å²) in [6.07, 6.45) is 0.866. The first-order chi connectivity index (χ1) is 10.7. The molecule has 138 valence electrons. The van der Waals surface area contributed by atoms with Crippen molar-refractivity contribution >= 4 is 32.5 Å². The van der Waals surface area contributed by atoms with Crippen LogP contribution in [0.2, 0.25) is 0 Å². The minimum absolute atomic E-state index is 0. The first-order valence-electron chi connectivity index (χ1n) is 7.41. The Bertz CT molecular complexity index is 766. The maximum Gasteiger partial charge on any atom is 0.243 e. The molecule has 2 unspecified atom stereocenters. The van der Waals surface area contributed by atoms with Gasteiger partial charge in [0.05, 0.1) is 0 Å². The minimum Gasteiger partial charge on any atom is -0.315 e. The molecular formula is C14H24ClN3O4S2. The van der Waals surface area contributed by atoms with Crippen LogP contribution in [0.25, 0.3) is 0 Å². The third-order valence-corrected chi connectivity index (χ3v) is 7.58. The quantitative estimate of drug-likeness (QED) is 0.760. The van der Waals surface area contributed by atoms with Gasteiger partial charge < -0.3 is 5.32 Å². The van der Waals surface area contributed by atoms with Crippen molar-refractivity contribution in [3.63, 3.8) is 0 Å². The van der Waals surface area contributed by atoms with Crippen molar-refractivity contribution in [3.05, 3.63) is 24.3 Å². The van der Waals surface area contributed by atoms with Gasteiger partial charge in [0.1, 0.15) is 9.79 Å². The second-order valence-corrected chi connectivity index (χ2v) is 9.73. The molecule has 1 aromatic carbocycles. The molecule has 0 radical (unpaired) electrons. The van der Waals surface area contributed by atoms with Gasteiger partial charge in [-0.3, -0.25) is 0 Å². The number of rotatable bonds is 5.